The first-order valence-corrected chi connectivity index (χ1v) is 13.4. The van der Waals surface area contributed by atoms with Crippen LogP contribution in [-0.4, -0.2) is 26.6 Å². The van der Waals surface area contributed by atoms with E-state index in [2.05, 4.69) is 48.5 Å². The van der Waals surface area contributed by atoms with Crippen molar-refractivity contribution in [3.05, 3.63) is 87.6 Å². The number of nitrogens with zero attached hydrogens (tertiary/aromatic N) is 3. The molecule has 0 atom stereocenters. The molecule has 8 nitrogen and oxygen atoms in total. The van der Waals surface area contributed by atoms with Gasteiger partial charge in [0.1, 0.15) is 22.9 Å². The maximum Gasteiger partial charge on any atom is 0.416 e. The van der Waals surface area contributed by atoms with Crippen LogP contribution in [0.25, 0.3) is 11.3 Å². The monoisotopic (exact) mass is 576 g/mol. The van der Waals surface area contributed by atoms with E-state index >= 15 is 0 Å². The van der Waals surface area contributed by atoms with Gasteiger partial charge in [-0.1, -0.05) is 32.9 Å². The number of aryl methyl sites for hydroxylation is 4. The van der Waals surface area contributed by atoms with Crippen molar-refractivity contribution in [1.82, 2.24) is 14.8 Å². The number of halogens is 3. The van der Waals surface area contributed by atoms with Gasteiger partial charge in [-0.05, 0) is 78.3 Å². The SMILES string of the molecule is Cc1cc(-c2nn3c(c2C(N)=O)Nc2ccc(C(C)(C)C)cc2CC3)cc(C)c1C(=O)Nc1cc(C(F)(F)F)ccn1. The molecule has 42 heavy (non-hydrogen) atoms. The highest BCUT2D eigenvalue weighted by molar-refractivity contribution is 6.07. The largest absolute Gasteiger partial charge is 0.416 e. The highest BCUT2D eigenvalue weighted by Gasteiger charge is 2.31. The molecule has 0 radical (unpaired) electrons. The van der Waals surface area contributed by atoms with Gasteiger partial charge in [0.05, 0.1) is 5.56 Å². The summed E-state index contributed by atoms with van der Waals surface area (Å²) in [6.07, 6.45) is -2.88. The number of carbonyl (C=O) groups excluding carboxylic acids is 2. The molecule has 0 aliphatic carbocycles. The lowest BCUT2D eigenvalue weighted by Gasteiger charge is -2.21. The highest BCUT2D eigenvalue weighted by atomic mass is 19.4. The molecule has 3 heterocycles. The van der Waals surface area contributed by atoms with Crippen molar-refractivity contribution in [2.24, 2.45) is 5.73 Å². The van der Waals surface area contributed by atoms with E-state index < -0.39 is 23.6 Å². The molecule has 2 aromatic carbocycles. The summed E-state index contributed by atoms with van der Waals surface area (Å²) in [5.41, 5.74) is 10.7. The van der Waals surface area contributed by atoms with Gasteiger partial charge in [-0.15, -0.1) is 0 Å². The minimum Gasteiger partial charge on any atom is -0.365 e. The van der Waals surface area contributed by atoms with E-state index in [1.54, 1.807) is 30.7 Å². The Hall–Kier alpha value is -4.67. The maximum atomic E-state index is 13.1. The molecular weight excluding hydrogens is 545 g/mol. The Morgan fingerprint density at radius 1 is 0.976 bits per heavy atom. The molecule has 0 saturated heterocycles. The van der Waals surface area contributed by atoms with Crippen LogP contribution in [0.1, 0.15) is 69.3 Å². The van der Waals surface area contributed by atoms with Gasteiger partial charge in [-0.3, -0.25) is 9.59 Å². The number of alkyl halides is 3. The molecule has 0 unspecified atom stereocenters. The lowest BCUT2D eigenvalue weighted by Crippen LogP contribution is -2.17. The Balaban J connectivity index is 1.49. The molecule has 5 rings (SSSR count). The highest BCUT2D eigenvalue weighted by Crippen LogP contribution is 2.37. The van der Waals surface area contributed by atoms with Gasteiger partial charge in [-0.2, -0.15) is 18.3 Å². The molecule has 218 valence electrons. The van der Waals surface area contributed by atoms with E-state index in [9.17, 15) is 22.8 Å². The Morgan fingerprint density at radius 3 is 2.29 bits per heavy atom. The summed E-state index contributed by atoms with van der Waals surface area (Å²) in [5.74, 6) is -0.978. The quantitative estimate of drug-likeness (QED) is 0.256. The van der Waals surface area contributed by atoms with Crippen LogP contribution >= 0.6 is 0 Å². The topological polar surface area (TPSA) is 115 Å². The third-order valence-corrected chi connectivity index (χ3v) is 7.38. The second-order valence-electron chi connectivity index (χ2n) is 11.5. The minimum absolute atomic E-state index is 0.0110. The average molecular weight is 577 g/mol. The Labute approximate surface area is 241 Å². The Morgan fingerprint density at radius 2 is 1.67 bits per heavy atom. The number of nitrogens with two attached hydrogens (primary N) is 1. The predicted octanol–water partition coefficient (Wildman–Crippen LogP) is 6.53. The lowest BCUT2D eigenvalue weighted by atomic mass is 9.85. The number of amides is 2. The third kappa shape index (κ3) is 5.46. The molecule has 0 saturated carbocycles. The number of hydrogen-bond acceptors (Lipinski definition) is 5. The summed E-state index contributed by atoms with van der Waals surface area (Å²) in [6, 6.07) is 11.3. The van der Waals surface area contributed by atoms with Crippen LogP contribution in [0.4, 0.5) is 30.5 Å². The van der Waals surface area contributed by atoms with E-state index in [-0.39, 0.29) is 22.4 Å². The summed E-state index contributed by atoms with van der Waals surface area (Å²) in [5, 5.41) is 10.6. The summed E-state index contributed by atoms with van der Waals surface area (Å²) in [4.78, 5) is 29.7. The number of nitrogens with one attached hydrogen (secondary N) is 2. The molecule has 11 heteroatoms. The van der Waals surface area contributed by atoms with Crippen molar-refractivity contribution in [2.45, 2.75) is 59.2 Å². The summed E-state index contributed by atoms with van der Waals surface area (Å²) >= 11 is 0. The number of aromatic nitrogens is 3. The van der Waals surface area contributed by atoms with Crippen molar-refractivity contribution in [1.29, 1.82) is 0 Å². The second-order valence-corrected chi connectivity index (χ2v) is 11.5. The molecule has 1 aliphatic rings. The van der Waals surface area contributed by atoms with Gasteiger partial charge in [-0.25, -0.2) is 9.67 Å². The number of carbonyl (C=O) groups is 2. The summed E-state index contributed by atoms with van der Waals surface area (Å²) in [6.45, 7) is 10.4. The number of fused-ring (bicyclic) bond motifs is 2. The van der Waals surface area contributed by atoms with E-state index in [4.69, 9.17) is 10.8 Å². The standard InChI is InChI=1S/C31H31F3N6O2/c1-16-12-19(13-17(2)24(16)29(42)38-23-15-21(8-10-36-23)31(32,33)34)26-25(27(35)41)28-37-22-7-6-20(30(3,4)5)14-18(22)9-11-40(28)39-26/h6-8,10,12-15,37H,9,11H2,1-5H3,(H2,35,41)(H,36,38,42). The van der Waals surface area contributed by atoms with Crippen LogP contribution in [0.2, 0.25) is 0 Å². The first kappa shape index (κ1) is 28.8. The summed E-state index contributed by atoms with van der Waals surface area (Å²) in [7, 11) is 0. The fourth-order valence-corrected chi connectivity index (χ4v) is 5.24. The fourth-order valence-electron chi connectivity index (χ4n) is 5.24. The number of pyridine rings is 1. The maximum absolute atomic E-state index is 13.1. The third-order valence-electron chi connectivity index (χ3n) is 7.38. The molecular formula is C31H31F3N6O2. The van der Waals surface area contributed by atoms with E-state index in [0.717, 1.165) is 29.6 Å². The van der Waals surface area contributed by atoms with Crippen LogP contribution < -0.4 is 16.4 Å². The van der Waals surface area contributed by atoms with Crippen molar-refractivity contribution in [2.75, 3.05) is 10.6 Å². The average Bonchev–Trinajstić information content (AvgIpc) is 3.15. The predicted molar refractivity (Wildman–Crippen MR) is 155 cm³/mol. The van der Waals surface area contributed by atoms with E-state index in [1.807, 2.05) is 6.07 Å². The molecule has 0 fully saturated rings. The van der Waals surface area contributed by atoms with Gasteiger partial charge < -0.3 is 16.4 Å². The zero-order chi connectivity index (χ0) is 30.6. The molecule has 0 spiro atoms. The molecule has 4 aromatic rings. The minimum atomic E-state index is -4.57. The van der Waals surface area contributed by atoms with Crippen LogP contribution in [0, 0.1) is 13.8 Å². The molecule has 2 aromatic heterocycles. The zero-order valence-corrected chi connectivity index (χ0v) is 23.9. The van der Waals surface area contributed by atoms with E-state index in [0.29, 0.717) is 41.2 Å². The van der Waals surface area contributed by atoms with E-state index in [1.165, 1.54) is 5.56 Å². The first-order valence-electron chi connectivity index (χ1n) is 13.4. The van der Waals surface area contributed by atoms with Gasteiger partial charge in [0, 0.05) is 29.6 Å². The Kier molecular flexibility index (Phi) is 7.08. The second kappa shape index (κ2) is 10.3. The van der Waals surface area contributed by atoms with Crippen molar-refractivity contribution in [3.8, 4) is 11.3 Å². The number of hydrogen-bond donors (Lipinski definition) is 3. The number of rotatable bonds is 4. The lowest BCUT2D eigenvalue weighted by molar-refractivity contribution is -0.137. The van der Waals surface area contributed by atoms with Crippen LogP contribution in [-0.2, 0) is 24.6 Å². The first-order chi connectivity index (χ1) is 19.6. The zero-order valence-electron chi connectivity index (χ0n) is 23.9. The van der Waals surface area contributed by atoms with Gasteiger partial charge in [0.15, 0.2) is 0 Å². The van der Waals surface area contributed by atoms with Crippen molar-refractivity contribution >= 4 is 29.1 Å². The van der Waals surface area contributed by atoms with Gasteiger partial charge in [0.25, 0.3) is 11.8 Å². The summed E-state index contributed by atoms with van der Waals surface area (Å²) < 4.78 is 41.0. The van der Waals surface area contributed by atoms with Crippen LogP contribution in [0.3, 0.4) is 0 Å². The molecule has 2 amide bonds. The van der Waals surface area contributed by atoms with Gasteiger partial charge >= 0.3 is 6.18 Å². The van der Waals surface area contributed by atoms with Crippen LogP contribution in [0.15, 0.2) is 48.7 Å². The molecule has 4 N–H and O–H groups in total. The molecule has 0 bridgehead atoms. The molecule has 1 aliphatic heterocycles. The number of primary amides is 1. The van der Waals surface area contributed by atoms with Crippen molar-refractivity contribution < 1.29 is 22.8 Å². The smallest absolute Gasteiger partial charge is 0.365 e. The number of benzene rings is 2. The van der Waals surface area contributed by atoms with Crippen molar-refractivity contribution in [3.63, 3.8) is 0 Å². The fraction of sp³-hybridized carbons (Fsp3) is 0.290. The number of anilines is 3. The normalized spacial score (nSPS) is 13.0. The Bertz CT molecular complexity index is 1710. The van der Waals surface area contributed by atoms with Gasteiger partial charge in [0.2, 0.25) is 0 Å². The van der Waals surface area contributed by atoms with Crippen LogP contribution in [0.5, 0.6) is 0 Å².